The molecule has 7 nitrogen and oxygen atoms in total. The summed E-state index contributed by atoms with van der Waals surface area (Å²) in [6.45, 7) is 1.35. The molecule has 202 valence electrons. The second kappa shape index (κ2) is 10.8. The largest absolute Gasteiger partial charge is 0.451 e. The van der Waals surface area contributed by atoms with Gasteiger partial charge in [-0.05, 0) is 54.8 Å². The number of nitrogens with zero attached hydrogens (tertiary/aromatic N) is 4. The lowest BCUT2D eigenvalue weighted by molar-refractivity contribution is -0.145. The molecule has 1 fully saturated rings. The Hall–Kier alpha value is -3.32. The summed E-state index contributed by atoms with van der Waals surface area (Å²) in [7, 11) is -4.23. The smallest absolute Gasteiger partial charge is 0.298 e. The molecule has 1 aromatic carbocycles. The van der Waals surface area contributed by atoms with Gasteiger partial charge >= 0.3 is 6.18 Å². The predicted molar refractivity (Wildman–Crippen MR) is 127 cm³/mol. The first-order valence-electron chi connectivity index (χ1n) is 11.7. The number of rotatable bonds is 8. The highest BCUT2D eigenvalue weighted by atomic mass is 32.2. The number of aryl methyl sites for hydroxylation is 2. The number of alkyl halides is 4. The van der Waals surface area contributed by atoms with Crippen molar-refractivity contribution in [2.75, 3.05) is 6.54 Å². The van der Waals surface area contributed by atoms with Gasteiger partial charge in [0.2, 0.25) is 15.8 Å². The lowest BCUT2D eigenvalue weighted by Gasteiger charge is -2.23. The molecular formula is C25H23F5N4O3S. The fraction of sp³-hybridized carbons (Fsp3) is 0.360. The van der Waals surface area contributed by atoms with Crippen LogP contribution >= 0.6 is 0 Å². The van der Waals surface area contributed by atoms with Crippen LogP contribution in [0.4, 0.5) is 22.0 Å². The molecule has 2 aromatic heterocycles. The van der Waals surface area contributed by atoms with Gasteiger partial charge in [-0.25, -0.2) is 27.2 Å². The minimum atomic E-state index is -4.68. The van der Waals surface area contributed by atoms with Gasteiger partial charge in [-0.3, -0.25) is 9.78 Å². The van der Waals surface area contributed by atoms with Gasteiger partial charge in [-0.1, -0.05) is 6.92 Å². The van der Waals surface area contributed by atoms with Crippen molar-refractivity contribution in [1.29, 1.82) is 0 Å². The van der Waals surface area contributed by atoms with Gasteiger partial charge in [0.25, 0.3) is 0 Å². The predicted octanol–water partition coefficient (Wildman–Crippen LogP) is 4.56. The van der Waals surface area contributed by atoms with E-state index in [0.717, 1.165) is 41.0 Å². The van der Waals surface area contributed by atoms with Crippen molar-refractivity contribution >= 4 is 15.8 Å². The zero-order valence-corrected chi connectivity index (χ0v) is 20.9. The quantitative estimate of drug-likeness (QED) is 0.379. The molecule has 3 heterocycles. The molecule has 13 heteroatoms. The van der Waals surface area contributed by atoms with Crippen LogP contribution in [0.5, 0.6) is 0 Å². The van der Waals surface area contributed by atoms with E-state index in [1.165, 1.54) is 0 Å². The maximum Gasteiger partial charge on any atom is 0.451 e. The number of carbonyl (C=O) groups is 1. The normalized spacial score (nSPS) is 18.6. The molecule has 2 atom stereocenters. The van der Waals surface area contributed by atoms with E-state index >= 15 is 0 Å². The van der Waals surface area contributed by atoms with Crippen molar-refractivity contribution in [1.82, 2.24) is 19.3 Å². The number of carbonyl (C=O) groups excluding carboxylic acids is 1. The maximum absolute atomic E-state index is 14.3. The first-order chi connectivity index (χ1) is 17.9. The van der Waals surface area contributed by atoms with Crippen LogP contribution in [0.15, 0.2) is 53.7 Å². The van der Waals surface area contributed by atoms with Crippen molar-refractivity contribution in [3.63, 3.8) is 0 Å². The van der Waals surface area contributed by atoms with Crippen molar-refractivity contribution < 1.29 is 35.2 Å². The summed E-state index contributed by atoms with van der Waals surface area (Å²) in [5.41, 5.74) is 1.84. The third-order valence-corrected chi connectivity index (χ3v) is 8.05. The average Bonchev–Trinajstić information content (AvgIpc) is 3.29. The van der Waals surface area contributed by atoms with Gasteiger partial charge < -0.3 is 0 Å². The van der Waals surface area contributed by atoms with Gasteiger partial charge in [-0.2, -0.15) is 17.5 Å². The van der Waals surface area contributed by atoms with Crippen LogP contribution in [0.25, 0.3) is 11.3 Å². The van der Waals surface area contributed by atoms with E-state index in [1.807, 2.05) is 6.92 Å². The number of sulfonamides is 1. The number of hydrogen-bond acceptors (Lipinski definition) is 6. The molecule has 0 saturated carbocycles. The molecule has 0 aliphatic carbocycles. The number of halogens is 5. The number of aromatic nitrogens is 3. The van der Waals surface area contributed by atoms with Crippen LogP contribution in [0.2, 0.25) is 0 Å². The summed E-state index contributed by atoms with van der Waals surface area (Å²) in [4.78, 5) is 23.9. The Morgan fingerprint density at radius 3 is 2.37 bits per heavy atom. The molecule has 38 heavy (non-hydrogen) atoms. The van der Waals surface area contributed by atoms with E-state index in [2.05, 4.69) is 15.0 Å². The fourth-order valence-corrected chi connectivity index (χ4v) is 5.87. The molecule has 0 bridgehead atoms. The molecule has 1 aliphatic heterocycles. The third kappa shape index (κ3) is 6.04. The van der Waals surface area contributed by atoms with Crippen LogP contribution < -0.4 is 0 Å². The van der Waals surface area contributed by atoms with Crippen LogP contribution in [0.3, 0.4) is 0 Å². The molecule has 1 saturated heterocycles. The Bertz CT molecular complexity index is 1410. The Morgan fingerprint density at radius 2 is 1.76 bits per heavy atom. The Morgan fingerprint density at radius 1 is 1.11 bits per heavy atom. The van der Waals surface area contributed by atoms with E-state index in [-0.39, 0.29) is 29.7 Å². The number of Topliss-reactive ketones (excluding diaryl/α,β-unsaturated/α-hetero) is 1. The number of benzene rings is 1. The topological polar surface area (TPSA) is 93.1 Å². The Balaban J connectivity index is 1.52. The first-order valence-corrected chi connectivity index (χ1v) is 13.2. The monoisotopic (exact) mass is 554 g/mol. The van der Waals surface area contributed by atoms with E-state index < -0.39 is 52.4 Å². The van der Waals surface area contributed by atoms with Crippen molar-refractivity contribution in [2.45, 2.75) is 55.9 Å². The summed E-state index contributed by atoms with van der Waals surface area (Å²) >= 11 is 0. The summed E-state index contributed by atoms with van der Waals surface area (Å²) in [5.74, 6) is -2.39. The second-order valence-corrected chi connectivity index (χ2v) is 10.7. The molecule has 0 unspecified atom stereocenters. The van der Waals surface area contributed by atoms with Crippen molar-refractivity contribution in [3.05, 3.63) is 71.7 Å². The van der Waals surface area contributed by atoms with Gasteiger partial charge in [0.05, 0.1) is 16.6 Å². The molecule has 4 rings (SSSR count). The molecule has 3 aromatic rings. The first kappa shape index (κ1) is 27.7. The molecule has 0 N–H and O–H groups in total. The van der Waals surface area contributed by atoms with Gasteiger partial charge in [0.15, 0.2) is 5.78 Å². The summed E-state index contributed by atoms with van der Waals surface area (Å²) in [6.07, 6.45) is -3.90. The highest BCUT2D eigenvalue weighted by Crippen LogP contribution is 2.30. The van der Waals surface area contributed by atoms with Crippen LogP contribution in [-0.2, 0) is 33.8 Å². The average molecular weight is 555 g/mol. The van der Waals surface area contributed by atoms with Crippen molar-refractivity contribution in [2.24, 2.45) is 0 Å². The summed E-state index contributed by atoms with van der Waals surface area (Å²) < 4.78 is 92.8. The molecule has 0 amide bonds. The minimum absolute atomic E-state index is 0.108. The zero-order valence-electron chi connectivity index (χ0n) is 20.1. The van der Waals surface area contributed by atoms with E-state index in [1.54, 1.807) is 12.1 Å². The zero-order chi connectivity index (χ0) is 27.7. The van der Waals surface area contributed by atoms with Crippen LogP contribution in [0.1, 0.15) is 36.8 Å². The third-order valence-electron chi connectivity index (χ3n) is 6.16. The van der Waals surface area contributed by atoms with Crippen LogP contribution in [-0.4, -0.2) is 52.2 Å². The fourth-order valence-electron chi connectivity index (χ4n) is 4.22. The standard InChI is InChI=1S/C25H23F5N4O3S/c1-2-19-9-15(10-21(33-19)16-12-31-24(32-13-16)25(28,29)30)3-8-23(35)22-11-18(27)14-34(22)38(36,37)20-6-4-17(26)5-7-20/h4-7,9-10,12-13,18,22H,2-3,8,11,14H2,1H3/t18-,22+/m1/s1. The second-order valence-electron chi connectivity index (χ2n) is 8.84. The van der Waals surface area contributed by atoms with Gasteiger partial charge in [0, 0.05) is 43.0 Å². The Labute approximate surface area is 215 Å². The van der Waals surface area contributed by atoms with E-state index in [9.17, 15) is 35.2 Å². The molecule has 1 aliphatic rings. The molecular weight excluding hydrogens is 531 g/mol. The van der Waals surface area contributed by atoms with Gasteiger partial charge in [0.1, 0.15) is 12.0 Å². The minimum Gasteiger partial charge on any atom is -0.298 e. The molecule has 0 spiro atoms. The highest BCUT2D eigenvalue weighted by molar-refractivity contribution is 7.89. The Kier molecular flexibility index (Phi) is 7.88. The summed E-state index contributed by atoms with van der Waals surface area (Å²) in [5, 5.41) is 0. The van der Waals surface area contributed by atoms with Crippen molar-refractivity contribution in [3.8, 4) is 11.3 Å². The van der Waals surface area contributed by atoms with Gasteiger partial charge in [-0.15, -0.1) is 0 Å². The lowest BCUT2D eigenvalue weighted by Crippen LogP contribution is -2.40. The SMILES string of the molecule is CCc1cc(CCC(=O)[C@@H]2C[C@@H](F)CN2S(=O)(=O)c2ccc(F)cc2)cc(-c2cnc(C(F)(F)F)nc2)n1. The number of pyridine rings is 1. The van der Waals surface area contributed by atoms with Crippen LogP contribution in [0, 0.1) is 5.82 Å². The number of hydrogen-bond donors (Lipinski definition) is 0. The van der Waals surface area contributed by atoms with E-state index in [4.69, 9.17) is 0 Å². The maximum atomic E-state index is 14.3. The summed E-state index contributed by atoms with van der Waals surface area (Å²) in [6, 6.07) is 6.19. The highest BCUT2D eigenvalue weighted by Gasteiger charge is 2.43. The number of ketones is 1. The molecule has 0 radical (unpaired) electrons. The van der Waals surface area contributed by atoms with E-state index in [0.29, 0.717) is 23.4 Å². The lowest BCUT2D eigenvalue weighted by atomic mass is 10.0.